The Morgan fingerprint density at radius 2 is 1.54 bits per heavy atom. The first kappa shape index (κ1) is 19.4. The number of alkyl carbamates (subject to hydrolysis) is 1. The van der Waals surface area contributed by atoms with Crippen LogP contribution in [0.2, 0.25) is 0 Å². The van der Waals surface area contributed by atoms with Gasteiger partial charge in [0.15, 0.2) is 0 Å². The Morgan fingerprint density at radius 3 is 2.07 bits per heavy atom. The van der Waals surface area contributed by atoms with E-state index in [9.17, 15) is 19.5 Å². The Hall–Kier alpha value is -3.35. The lowest BCUT2D eigenvalue weighted by Crippen LogP contribution is -2.41. The molecule has 0 bridgehead atoms. The van der Waals surface area contributed by atoms with Crippen molar-refractivity contribution < 1.29 is 29.3 Å². The number of nitrogens with one attached hydrogen (secondary N) is 1. The van der Waals surface area contributed by atoms with Gasteiger partial charge in [0.1, 0.15) is 12.6 Å². The Kier molecular flexibility index (Phi) is 5.93. The van der Waals surface area contributed by atoms with Crippen LogP contribution in [0.5, 0.6) is 0 Å². The van der Waals surface area contributed by atoms with Gasteiger partial charge in [-0.3, -0.25) is 4.79 Å². The summed E-state index contributed by atoms with van der Waals surface area (Å²) >= 11 is 0. The minimum absolute atomic E-state index is 0.0197. The van der Waals surface area contributed by atoms with E-state index in [4.69, 9.17) is 9.84 Å². The standard InChI is InChI=1S/C21H21NO6/c23-19(24)11-5-10-18(20(25)26)22-21(27)28-12-17-15-8-3-1-6-13(15)14-7-2-4-9-16(14)17/h1-4,6-9,17-18H,5,10-12H2,(H,22,27)(H,23,24)(H,25,26)/t18-/m1/s1. The van der Waals surface area contributed by atoms with Crippen LogP contribution in [0.1, 0.15) is 36.3 Å². The van der Waals surface area contributed by atoms with Crippen LogP contribution in [-0.4, -0.2) is 40.9 Å². The van der Waals surface area contributed by atoms with Gasteiger partial charge >= 0.3 is 18.0 Å². The summed E-state index contributed by atoms with van der Waals surface area (Å²) in [5, 5.41) is 20.2. The van der Waals surface area contributed by atoms with Crippen molar-refractivity contribution in [3.8, 4) is 11.1 Å². The first-order chi connectivity index (χ1) is 13.5. The Morgan fingerprint density at radius 1 is 0.964 bits per heavy atom. The highest BCUT2D eigenvalue weighted by molar-refractivity contribution is 5.81. The van der Waals surface area contributed by atoms with Gasteiger partial charge in [-0.1, -0.05) is 48.5 Å². The van der Waals surface area contributed by atoms with Crippen molar-refractivity contribution in [2.45, 2.75) is 31.2 Å². The molecule has 0 saturated carbocycles. The molecule has 28 heavy (non-hydrogen) atoms. The highest BCUT2D eigenvalue weighted by Crippen LogP contribution is 2.44. The first-order valence-corrected chi connectivity index (χ1v) is 9.03. The van der Waals surface area contributed by atoms with Crippen molar-refractivity contribution >= 4 is 18.0 Å². The van der Waals surface area contributed by atoms with Gasteiger partial charge in [0.2, 0.25) is 0 Å². The number of benzene rings is 2. The van der Waals surface area contributed by atoms with Gasteiger partial charge in [-0.2, -0.15) is 0 Å². The number of carbonyl (C=O) groups excluding carboxylic acids is 1. The number of carboxylic acid groups (broad SMARTS) is 2. The van der Waals surface area contributed by atoms with E-state index in [1.807, 2.05) is 48.5 Å². The maximum absolute atomic E-state index is 12.1. The Balaban J connectivity index is 1.62. The minimum Gasteiger partial charge on any atom is -0.481 e. The number of fused-ring (bicyclic) bond motifs is 3. The van der Waals surface area contributed by atoms with E-state index in [0.29, 0.717) is 0 Å². The van der Waals surface area contributed by atoms with E-state index in [1.54, 1.807) is 0 Å². The van der Waals surface area contributed by atoms with Crippen molar-refractivity contribution in [1.29, 1.82) is 0 Å². The molecule has 0 aromatic heterocycles. The third kappa shape index (κ3) is 4.31. The van der Waals surface area contributed by atoms with E-state index in [2.05, 4.69) is 5.32 Å². The maximum atomic E-state index is 12.1. The molecule has 0 unspecified atom stereocenters. The van der Waals surface area contributed by atoms with Gasteiger partial charge in [0.25, 0.3) is 0 Å². The van der Waals surface area contributed by atoms with Crippen LogP contribution in [0.3, 0.4) is 0 Å². The monoisotopic (exact) mass is 383 g/mol. The molecule has 0 heterocycles. The molecule has 0 fully saturated rings. The van der Waals surface area contributed by atoms with E-state index in [0.717, 1.165) is 22.3 Å². The van der Waals surface area contributed by atoms with Crippen LogP contribution >= 0.6 is 0 Å². The zero-order valence-corrected chi connectivity index (χ0v) is 15.1. The number of carbonyl (C=O) groups is 3. The molecule has 0 saturated heterocycles. The molecule has 2 aromatic rings. The number of aliphatic carboxylic acids is 2. The molecule has 146 valence electrons. The molecule has 1 atom stereocenters. The normalized spacial score (nSPS) is 13.3. The molecule has 3 rings (SSSR count). The fraction of sp³-hybridized carbons (Fsp3) is 0.286. The molecule has 7 nitrogen and oxygen atoms in total. The number of ether oxygens (including phenoxy) is 1. The second-order valence-electron chi connectivity index (χ2n) is 6.65. The predicted molar refractivity (Wildman–Crippen MR) is 101 cm³/mol. The number of carboxylic acids is 2. The quantitative estimate of drug-likeness (QED) is 0.645. The van der Waals surface area contributed by atoms with E-state index in [1.165, 1.54) is 0 Å². The molecule has 1 amide bonds. The van der Waals surface area contributed by atoms with Crippen LogP contribution < -0.4 is 5.32 Å². The third-order valence-corrected chi connectivity index (χ3v) is 4.82. The van der Waals surface area contributed by atoms with E-state index >= 15 is 0 Å². The zero-order valence-electron chi connectivity index (χ0n) is 15.1. The first-order valence-electron chi connectivity index (χ1n) is 9.03. The molecule has 1 aliphatic rings. The average Bonchev–Trinajstić information content (AvgIpc) is 2.99. The lowest BCUT2D eigenvalue weighted by atomic mass is 9.98. The second kappa shape index (κ2) is 8.56. The van der Waals surface area contributed by atoms with Gasteiger partial charge in [-0.15, -0.1) is 0 Å². The zero-order chi connectivity index (χ0) is 20.1. The fourth-order valence-corrected chi connectivity index (χ4v) is 3.50. The summed E-state index contributed by atoms with van der Waals surface area (Å²) in [6, 6.07) is 14.6. The SMILES string of the molecule is O=C(O)CCC[C@@H](NC(=O)OCC1c2ccccc2-c2ccccc21)C(=O)O. The van der Waals surface area contributed by atoms with Crippen LogP contribution in [0, 0.1) is 0 Å². The van der Waals surface area contributed by atoms with Gasteiger partial charge in [0.05, 0.1) is 0 Å². The topological polar surface area (TPSA) is 113 Å². The van der Waals surface area contributed by atoms with Crippen molar-refractivity contribution in [1.82, 2.24) is 5.32 Å². The van der Waals surface area contributed by atoms with E-state index < -0.39 is 24.1 Å². The van der Waals surface area contributed by atoms with Crippen molar-refractivity contribution in [2.75, 3.05) is 6.61 Å². The smallest absolute Gasteiger partial charge is 0.407 e. The largest absolute Gasteiger partial charge is 0.481 e. The van der Waals surface area contributed by atoms with Crippen molar-refractivity contribution in [2.24, 2.45) is 0 Å². The number of rotatable bonds is 8. The molecule has 2 aromatic carbocycles. The molecule has 0 aliphatic heterocycles. The Bertz CT molecular complexity index is 848. The lowest BCUT2D eigenvalue weighted by molar-refractivity contribution is -0.141. The molecule has 3 N–H and O–H groups in total. The molecular weight excluding hydrogens is 362 g/mol. The summed E-state index contributed by atoms with van der Waals surface area (Å²) in [7, 11) is 0. The predicted octanol–water partition coefficient (Wildman–Crippen LogP) is 3.23. The minimum atomic E-state index is -1.22. The van der Waals surface area contributed by atoms with Crippen molar-refractivity contribution in [3.63, 3.8) is 0 Å². The fourth-order valence-electron chi connectivity index (χ4n) is 3.50. The summed E-state index contributed by atoms with van der Waals surface area (Å²) in [4.78, 5) is 34.0. The lowest BCUT2D eigenvalue weighted by Gasteiger charge is -2.17. The van der Waals surface area contributed by atoms with Gasteiger partial charge in [0, 0.05) is 12.3 Å². The molecule has 1 aliphatic carbocycles. The Labute approximate surface area is 162 Å². The summed E-state index contributed by atoms with van der Waals surface area (Å²) in [5.41, 5.74) is 4.33. The van der Waals surface area contributed by atoms with Gasteiger partial charge in [-0.05, 0) is 35.1 Å². The van der Waals surface area contributed by atoms with Gasteiger partial charge in [-0.25, -0.2) is 9.59 Å². The van der Waals surface area contributed by atoms with Crippen LogP contribution in [0.25, 0.3) is 11.1 Å². The number of amides is 1. The van der Waals surface area contributed by atoms with Crippen LogP contribution in [0.4, 0.5) is 4.79 Å². The summed E-state index contributed by atoms with van der Waals surface area (Å²) in [6.45, 7) is 0.0846. The maximum Gasteiger partial charge on any atom is 0.407 e. The van der Waals surface area contributed by atoms with Crippen molar-refractivity contribution in [3.05, 3.63) is 59.7 Å². The molecule has 7 heteroatoms. The van der Waals surface area contributed by atoms with E-state index in [-0.39, 0.29) is 31.8 Å². The third-order valence-electron chi connectivity index (χ3n) is 4.82. The highest BCUT2D eigenvalue weighted by Gasteiger charge is 2.29. The summed E-state index contributed by atoms with van der Waals surface area (Å²) < 4.78 is 5.32. The summed E-state index contributed by atoms with van der Waals surface area (Å²) in [6.07, 6.45) is -0.817. The second-order valence-corrected chi connectivity index (χ2v) is 6.65. The number of hydrogen-bond donors (Lipinski definition) is 3. The highest BCUT2D eigenvalue weighted by atomic mass is 16.5. The molecular formula is C21H21NO6. The number of hydrogen-bond acceptors (Lipinski definition) is 4. The van der Waals surface area contributed by atoms with Gasteiger partial charge < -0.3 is 20.3 Å². The van der Waals surface area contributed by atoms with Crippen LogP contribution in [0.15, 0.2) is 48.5 Å². The molecule has 0 radical (unpaired) electrons. The summed E-state index contributed by atoms with van der Waals surface area (Å²) in [5.74, 6) is -2.35. The average molecular weight is 383 g/mol. The molecule has 0 spiro atoms. The van der Waals surface area contributed by atoms with Crippen LogP contribution in [-0.2, 0) is 14.3 Å².